The van der Waals surface area contributed by atoms with Crippen LogP contribution in [0.15, 0.2) is 42.9 Å². The van der Waals surface area contributed by atoms with E-state index >= 15 is 0 Å². The topological polar surface area (TPSA) is 95.5 Å². The van der Waals surface area contributed by atoms with Gasteiger partial charge in [0.2, 0.25) is 5.95 Å². The number of piperazine rings is 1. The number of hydrogen-bond donors (Lipinski definition) is 2. The van der Waals surface area contributed by atoms with E-state index in [2.05, 4.69) is 56.2 Å². The molecule has 0 unspecified atom stereocenters. The van der Waals surface area contributed by atoms with E-state index in [1.807, 2.05) is 18.3 Å². The molecule has 1 aliphatic rings. The Morgan fingerprint density at radius 1 is 1.08 bits per heavy atom. The fraction of sp³-hybridized carbons (Fsp3) is 0.429. The maximum absolute atomic E-state index is 12.1. The lowest BCUT2D eigenvalue weighted by atomic mass is 10.0. The van der Waals surface area contributed by atoms with Crippen molar-refractivity contribution in [1.29, 1.82) is 0 Å². The number of carbonyl (C=O) groups is 1. The van der Waals surface area contributed by atoms with Gasteiger partial charge in [-0.1, -0.05) is 18.5 Å². The van der Waals surface area contributed by atoms with Crippen LogP contribution < -0.4 is 20.3 Å². The summed E-state index contributed by atoms with van der Waals surface area (Å²) in [6.07, 6.45) is 6.69. The predicted octanol–water partition coefficient (Wildman–Crippen LogP) is 4.34. The quantitative estimate of drug-likeness (QED) is 0.416. The van der Waals surface area contributed by atoms with Crippen LogP contribution in [0, 0.1) is 0 Å². The van der Waals surface area contributed by atoms with Crippen LogP contribution in [0.5, 0.6) is 5.75 Å². The Bertz CT molecular complexity index is 1230. The van der Waals surface area contributed by atoms with Gasteiger partial charge in [0.1, 0.15) is 11.6 Å². The summed E-state index contributed by atoms with van der Waals surface area (Å²) in [6.45, 7) is 9.77. The smallest absolute Gasteiger partial charge is 0.251 e. The number of aryl methyl sites for hydroxylation is 2. The van der Waals surface area contributed by atoms with E-state index in [4.69, 9.17) is 16.3 Å². The van der Waals surface area contributed by atoms with E-state index in [9.17, 15) is 4.79 Å². The molecule has 4 rings (SSSR count). The summed E-state index contributed by atoms with van der Waals surface area (Å²) in [5.74, 6) is 1.77. The monoisotopic (exact) mass is 537 g/mol. The number of nitrogens with one attached hydrogen (secondary N) is 2. The van der Waals surface area contributed by atoms with Crippen molar-refractivity contribution < 1.29 is 9.53 Å². The number of methoxy groups -OCH3 is 1. The third-order valence-electron chi connectivity index (χ3n) is 7.01. The summed E-state index contributed by atoms with van der Waals surface area (Å²) in [5.41, 5.74) is 3.13. The highest BCUT2D eigenvalue weighted by Gasteiger charge is 2.28. The van der Waals surface area contributed by atoms with E-state index < -0.39 is 0 Å². The second-order valence-electron chi connectivity index (χ2n) is 9.61. The van der Waals surface area contributed by atoms with E-state index in [-0.39, 0.29) is 5.91 Å². The van der Waals surface area contributed by atoms with Gasteiger partial charge in [0, 0.05) is 50.2 Å². The normalized spacial score (nSPS) is 17.8. The highest BCUT2D eigenvalue weighted by molar-refractivity contribution is 6.33. The zero-order valence-electron chi connectivity index (χ0n) is 22.7. The number of likely N-dealkylation sites (N-methyl/N-ethyl adjacent to an activating group) is 1. The highest BCUT2D eigenvalue weighted by atomic mass is 35.5. The molecule has 3 aromatic rings. The number of carbonyl (C=O) groups excluding carboxylic acids is 1. The molecule has 0 spiro atoms. The third kappa shape index (κ3) is 6.34. The van der Waals surface area contributed by atoms with Crippen molar-refractivity contribution in [2.24, 2.45) is 0 Å². The van der Waals surface area contributed by atoms with Crippen LogP contribution in [0.3, 0.4) is 0 Å². The number of hydrogen-bond acceptors (Lipinski definition) is 8. The van der Waals surface area contributed by atoms with Gasteiger partial charge in [0.05, 0.1) is 24.0 Å². The van der Waals surface area contributed by atoms with E-state index in [1.54, 1.807) is 31.6 Å². The Morgan fingerprint density at radius 2 is 1.79 bits per heavy atom. The number of benzene rings is 1. The van der Waals surface area contributed by atoms with Crippen molar-refractivity contribution >= 4 is 35.0 Å². The number of ether oxygens (including phenoxy) is 1. The number of anilines is 3. The predicted molar refractivity (Wildman–Crippen MR) is 152 cm³/mol. The zero-order chi connectivity index (χ0) is 27.2. The molecule has 1 aromatic carbocycles. The first-order chi connectivity index (χ1) is 18.3. The van der Waals surface area contributed by atoms with Crippen LogP contribution in [0.25, 0.3) is 0 Å². The average Bonchev–Trinajstić information content (AvgIpc) is 2.93. The molecule has 0 aliphatic carbocycles. The molecule has 0 radical (unpaired) electrons. The Kier molecular flexibility index (Phi) is 9.01. The first-order valence-corrected chi connectivity index (χ1v) is 13.3. The van der Waals surface area contributed by atoms with Crippen LogP contribution in [-0.4, -0.2) is 71.6 Å². The summed E-state index contributed by atoms with van der Waals surface area (Å²) in [7, 11) is 3.13. The molecular formula is C28H36ClN7O2. The molecule has 38 heavy (non-hydrogen) atoms. The van der Waals surface area contributed by atoms with Gasteiger partial charge >= 0.3 is 0 Å². The van der Waals surface area contributed by atoms with E-state index in [1.165, 1.54) is 7.11 Å². The minimum Gasteiger partial charge on any atom is -0.495 e. The van der Waals surface area contributed by atoms with Gasteiger partial charge in [0.15, 0.2) is 0 Å². The van der Waals surface area contributed by atoms with Crippen LogP contribution in [0.4, 0.5) is 17.5 Å². The Balaban J connectivity index is 1.36. The molecule has 2 N–H and O–H groups in total. The molecule has 0 bridgehead atoms. The molecule has 9 nitrogen and oxygen atoms in total. The van der Waals surface area contributed by atoms with Crippen molar-refractivity contribution in [3.63, 3.8) is 0 Å². The van der Waals surface area contributed by atoms with Crippen LogP contribution in [0.1, 0.15) is 42.3 Å². The van der Waals surface area contributed by atoms with E-state index in [0.717, 1.165) is 42.3 Å². The van der Waals surface area contributed by atoms with Crippen LogP contribution >= 0.6 is 11.6 Å². The second kappa shape index (κ2) is 12.4. The highest BCUT2D eigenvalue weighted by Crippen LogP contribution is 2.31. The Morgan fingerprint density at radius 3 is 2.37 bits per heavy atom. The lowest BCUT2D eigenvalue weighted by Gasteiger charge is -2.44. The summed E-state index contributed by atoms with van der Waals surface area (Å²) in [6, 6.07) is 8.48. The fourth-order valence-corrected chi connectivity index (χ4v) is 5.31. The largest absolute Gasteiger partial charge is 0.495 e. The first kappa shape index (κ1) is 27.6. The van der Waals surface area contributed by atoms with Crippen molar-refractivity contribution in [2.45, 2.75) is 45.7 Å². The summed E-state index contributed by atoms with van der Waals surface area (Å²) in [5, 5.41) is 6.36. The molecular weight excluding hydrogens is 502 g/mol. The lowest BCUT2D eigenvalue weighted by Crippen LogP contribution is -2.56. The first-order valence-electron chi connectivity index (χ1n) is 13.0. The number of rotatable bonds is 9. The van der Waals surface area contributed by atoms with Crippen LogP contribution in [0.2, 0.25) is 5.02 Å². The second-order valence-corrected chi connectivity index (χ2v) is 9.99. The number of nitrogens with zero attached hydrogens (tertiary/aromatic N) is 5. The number of aromatic nitrogens is 3. The Hall–Kier alpha value is -3.43. The fourth-order valence-electron chi connectivity index (χ4n) is 5.03. The Labute approximate surface area is 229 Å². The molecule has 3 heterocycles. The summed E-state index contributed by atoms with van der Waals surface area (Å²) < 4.78 is 5.35. The number of halogens is 1. The minimum absolute atomic E-state index is 0.189. The van der Waals surface area contributed by atoms with Crippen LogP contribution in [-0.2, 0) is 12.8 Å². The van der Waals surface area contributed by atoms with Crippen molar-refractivity contribution in [3.05, 3.63) is 64.6 Å². The summed E-state index contributed by atoms with van der Waals surface area (Å²) in [4.78, 5) is 30.6. The summed E-state index contributed by atoms with van der Waals surface area (Å²) >= 11 is 6.49. The molecule has 2 atom stereocenters. The zero-order valence-corrected chi connectivity index (χ0v) is 23.4. The third-order valence-corrected chi connectivity index (χ3v) is 7.44. The van der Waals surface area contributed by atoms with Crippen molar-refractivity contribution in [1.82, 2.24) is 25.2 Å². The van der Waals surface area contributed by atoms with Gasteiger partial charge in [-0.2, -0.15) is 0 Å². The van der Waals surface area contributed by atoms with Gasteiger partial charge in [-0.05, 0) is 68.6 Å². The molecule has 202 valence electrons. The van der Waals surface area contributed by atoms with Gasteiger partial charge in [-0.3, -0.25) is 9.69 Å². The minimum atomic E-state index is -0.189. The molecule has 2 aromatic heterocycles. The van der Waals surface area contributed by atoms with Gasteiger partial charge in [-0.15, -0.1) is 0 Å². The van der Waals surface area contributed by atoms with E-state index in [0.29, 0.717) is 47.2 Å². The molecule has 1 saturated heterocycles. The molecule has 1 fully saturated rings. The number of pyridine rings is 1. The number of amides is 1. The van der Waals surface area contributed by atoms with Crippen molar-refractivity contribution in [3.8, 4) is 5.75 Å². The standard InChI is InChI=1S/C28H36ClN7O2/c1-6-36-18(2)16-35(17-19(36)3)25-10-9-23(15-31-25)34-28-32-13-20(14-33-28)7-8-21-11-22(27(37)30-4)12-24(38-5)26(21)29/h9-15,18-19H,6-8,16-17H2,1-5H3,(H,30,37)(H,32,33,34)/t18-,19+. The van der Waals surface area contributed by atoms with Gasteiger partial charge < -0.3 is 20.3 Å². The SMILES string of the molecule is CCN1[C@H](C)CN(c2ccc(Nc3ncc(CCc4cc(C(=O)NC)cc(OC)c4Cl)cn3)cn2)C[C@@H]1C. The molecule has 1 amide bonds. The molecule has 1 aliphatic heterocycles. The average molecular weight is 538 g/mol. The maximum atomic E-state index is 12.1. The lowest BCUT2D eigenvalue weighted by molar-refractivity contribution is 0.0962. The maximum Gasteiger partial charge on any atom is 0.251 e. The molecule has 0 saturated carbocycles. The van der Waals surface area contributed by atoms with Crippen molar-refractivity contribution in [2.75, 3.05) is 44.0 Å². The van der Waals surface area contributed by atoms with Gasteiger partial charge in [0.25, 0.3) is 5.91 Å². The van der Waals surface area contributed by atoms with Gasteiger partial charge in [-0.25, -0.2) is 15.0 Å². The molecule has 10 heteroatoms.